The maximum absolute atomic E-state index is 5.09. The molecule has 2 heteroatoms. The highest BCUT2D eigenvalue weighted by atomic mass is 16.5. The van der Waals surface area contributed by atoms with Crippen molar-refractivity contribution in [1.29, 1.82) is 0 Å². The largest absolute Gasteiger partial charge is 0.497 e. The van der Waals surface area contributed by atoms with Gasteiger partial charge in [0.05, 0.1) is 7.11 Å². The van der Waals surface area contributed by atoms with Crippen LogP contribution in [0.15, 0.2) is 24.3 Å². The summed E-state index contributed by atoms with van der Waals surface area (Å²) < 4.78 is 5.09. The van der Waals surface area contributed by atoms with Crippen molar-refractivity contribution in [3.63, 3.8) is 0 Å². The van der Waals surface area contributed by atoms with Gasteiger partial charge in [-0.15, -0.1) is 0 Å². The van der Waals surface area contributed by atoms with Gasteiger partial charge in [-0.3, -0.25) is 0 Å². The van der Waals surface area contributed by atoms with Crippen LogP contribution in [0, 0.1) is 0 Å². The summed E-state index contributed by atoms with van der Waals surface area (Å²) >= 11 is 0. The van der Waals surface area contributed by atoms with E-state index in [1.165, 1.54) is 5.56 Å². The third-order valence-corrected chi connectivity index (χ3v) is 1.98. The van der Waals surface area contributed by atoms with E-state index in [2.05, 4.69) is 38.2 Å². The lowest BCUT2D eigenvalue weighted by molar-refractivity contribution is 0.413. The molecule has 1 N–H and O–H groups in total. The summed E-state index contributed by atoms with van der Waals surface area (Å²) in [5, 5.41) is 3.43. The van der Waals surface area contributed by atoms with Gasteiger partial charge in [0, 0.05) is 12.1 Å². The van der Waals surface area contributed by atoms with Gasteiger partial charge in [-0.2, -0.15) is 0 Å². The van der Waals surface area contributed by atoms with Crippen LogP contribution in [0.1, 0.15) is 26.3 Å². The summed E-state index contributed by atoms with van der Waals surface area (Å²) in [6, 6.07) is 8.13. The van der Waals surface area contributed by atoms with E-state index in [1.54, 1.807) is 7.11 Å². The summed E-state index contributed by atoms with van der Waals surface area (Å²) in [6.45, 7) is 7.39. The first kappa shape index (κ1) is 11.1. The Bertz CT molecular complexity index is 271. The molecule has 0 bridgehead atoms. The second-order valence-corrected chi connectivity index (χ2v) is 4.45. The van der Waals surface area contributed by atoms with Crippen LogP contribution >= 0.6 is 0 Å². The monoisotopic (exact) mass is 193 g/mol. The van der Waals surface area contributed by atoms with Gasteiger partial charge < -0.3 is 10.1 Å². The minimum absolute atomic E-state index is 0.167. The highest BCUT2D eigenvalue weighted by Crippen LogP contribution is 2.11. The maximum Gasteiger partial charge on any atom is 0.118 e. The van der Waals surface area contributed by atoms with Crippen molar-refractivity contribution in [3.8, 4) is 5.75 Å². The first-order valence-electron chi connectivity index (χ1n) is 4.89. The van der Waals surface area contributed by atoms with Gasteiger partial charge in [0.2, 0.25) is 0 Å². The molecule has 2 nitrogen and oxygen atoms in total. The van der Waals surface area contributed by atoms with Crippen LogP contribution in [-0.2, 0) is 6.54 Å². The molecule has 0 amide bonds. The van der Waals surface area contributed by atoms with Crippen LogP contribution in [0.2, 0.25) is 0 Å². The minimum atomic E-state index is 0.167. The molecule has 1 aromatic carbocycles. The van der Waals surface area contributed by atoms with Crippen molar-refractivity contribution in [2.24, 2.45) is 0 Å². The Morgan fingerprint density at radius 2 is 1.71 bits per heavy atom. The number of ether oxygens (including phenoxy) is 1. The summed E-state index contributed by atoms with van der Waals surface area (Å²) in [5.74, 6) is 0.907. The van der Waals surface area contributed by atoms with Gasteiger partial charge in [0.25, 0.3) is 0 Å². The molecule has 0 aromatic heterocycles. The number of rotatable bonds is 3. The molecule has 0 fully saturated rings. The normalized spacial score (nSPS) is 11.4. The molecule has 0 radical (unpaired) electrons. The number of benzene rings is 1. The van der Waals surface area contributed by atoms with E-state index in [9.17, 15) is 0 Å². The average molecular weight is 193 g/mol. The van der Waals surface area contributed by atoms with Crippen LogP contribution in [0.4, 0.5) is 0 Å². The molecule has 0 aliphatic rings. The number of hydrogen-bond donors (Lipinski definition) is 1. The number of hydrogen-bond acceptors (Lipinski definition) is 2. The van der Waals surface area contributed by atoms with E-state index in [0.717, 1.165) is 12.3 Å². The van der Waals surface area contributed by atoms with Crippen molar-refractivity contribution >= 4 is 0 Å². The van der Waals surface area contributed by atoms with E-state index in [4.69, 9.17) is 4.74 Å². The van der Waals surface area contributed by atoms with Crippen LogP contribution in [0.5, 0.6) is 5.75 Å². The quantitative estimate of drug-likeness (QED) is 0.796. The van der Waals surface area contributed by atoms with Gasteiger partial charge in [0.1, 0.15) is 5.75 Å². The molecule has 0 unspecified atom stereocenters. The predicted octanol–water partition coefficient (Wildman–Crippen LogP) is 2.58. The summed E-state index contributed by atoms with van der Waals surface area (Å²) in [4.78, 5) is 0. The van der Waals surface area contributed by atoms with Crippen LogP contribution in [0.25, 0.3) is 0 Å². The zero-order valence-electron chi connectivity index (χ0n) is 9.42. The second-order valence-electron chi connectivity index (χ2n) is 4.45. The van der Waals surface area contributed by atoms with Crippen LogP contribution in [-0.4, -0.2) is 12.6 Å². The molecule has 0 saturated carbocycles. The van der Waals surface area contributed by atoms with Crippen molar-refractivity contribution in [2.75, 3.05) is 7.11 Å². The first-order chi connectivity index (χ1) is 6.51. The fourth-order valence-corrected chi connectivity index (χ4v) is 1.11. The molecule has 78 valence electrons. The Kier molecular flexibility index (Phi) is 3.53. The van der Waals surface area contributed by atoms with E-state index in [1.807, 2.05) is 12.1 Å². The lowest BCUT2D eigenvalue weighted by atomic mass is 10.1. The summed E-state index contributed by atoms with van der Waals surface area (Å²) in [7, 11) is 1.68. The third-order valence-electron chi connectivity index (χ3n) is 1.98. The van der Waals surface area contributed by atoms with Crippen molar-refractivity contribution in [1.82, 2.24) is 5.32 Å². The van der Waals surface area contributed by atoms with E-state index in [-0.39, 0.29) is 5.54 Å². The van der Waals surface area contributed by atoms with Gasteiger partial charge >= 0.3 is 0 Å². The molecule has 1 rings (SSSR count). The average Bonchev–Trinajstić information content (AvgIpc) is 2.14. The standard InChI is InChI=1S/C12H19NO/c1-12(2,3)13-9-10-5-7-11(14-4)8-6-10/h5-8,13H,9H2,1-4H3. The van der Waals surface area contributed by atoms with Crippen LogP contribution in [0.3, 0.4) is 0 Å². The van der Waals surface area contributed by atoms with Crippen LogP contribution < -0.4 is 10.1 Å². The highest BCUT2D eigenvalue weighted by molar-refractivity contribution is 5.27. The Morgan fingerprint density at radius 3 is 2.14 bits per heavy atom. The maximum atomic E-state index is 5.09. The Hall–Kier alpha value is -1.02. The van der Waals surface area contributed by atoms with Crippen molar-refractivity contribution in [2.45, 2.75) is 32.9 Å². The zero-order valence-corrected chi connectivity index (χ0v) is 9.42. The lowest BCUT2D eigenvalue weighted by Gasteiger charge is -2.20. The third kappa shape index (κ3) is 3.79. The molecule has 0 saturated heterocycles. The molecule has 0 heterocycles. The molecule has 14 heavy (non-hydrogen) atoms. The molecule has 0 aliphatic carbocycles. The van der Waals surface area contributed by atoms with E-state index < -0.39 is 0 Å². The fraction of sp³-hybridized carbons (Fsp3) is 0.500. The first-order valence-corrected chi connectivity index (χ1v) is 4.89. The van der Waals surface area contributed by atoms with Gasteiger partial charge in [-0.1, -0.05) is 12.1 Å². The fourth-order valence-electron chi connectivity index (χ4n) is 1.11. The summed E-state index contributed by atoms with van der Waals surface area (Å²) in [5.41, 5.74) is 1.45. The Morgan fingerprint density at radius 1 is 1.14 bits per heavy atom. The van der Waals surface area contributed by atoms with Crippen molar-refractivity contribution < 1.29 is 4.74 Å². The van der Waals surface area contributed by atoms with E-state index in [0.29, 0.717) is 0 Å². The van der Waals surface area contributed by atoms with E-state index >= 15 is 0 Å². The molecule has 0 atom stereocenters. The minimum Gasteiger partial charge on any atom is -0.497 e. The SMILES string of the molecule is COc1ccc(CNC(C)(C)C)cc1. The zero-order chi connectivity index (χ0) is 10.6. The summed E-state index contributed by atoms with van der Waals surface area (Å²) in [6.07, 6.45) is 0. The lowest BCUT2D eigenvalue weighted by Crippen LogP contribution is -2.34. The Labute approximate surface area is 86.3 Å². The topological polar surface area (TPSA) is 21.3 Å². The van der Waals surface area contributed by atoms with Crippen molar-refractivity contribution in [3.05, 3.63) is 29.8 Å². The molecule has 0 aliphatic heterocycles. The highest BCUT2D eigenvalue weighted by Gasteiger charge is 2.07. The number of nitrogens with one attached hydrogen (secondary N) is 1. The van der Waals surface area contributed by atoms with Gasteiger partial charge in [0.15, 0.2) is 0 Å². The molecule has 0 spiro atoms. The van der Waals surface area contributed by atoms with Gasteiger partial charge in [-0.05, 0) is 38.5 Å². The number of methoxy groups -OCH3 is 1. The Balaban J connectivity index is 2.52. The smallest absolute Gasteiger partial charge is 0.118 e. The second kappa shape index (κ2) is 4.47. The molecule has 1 aromatic rings. The van der Waals surface area contributed by atoms with Gasteiger partial charge in [-0.25, -0.2) is 0 Å². The molecular formula is C12H19NO. The predicted molar refractivity (Wildman–Crippen MR) is 59.6 cm³/mol. The molecular weight excluding hydrogens is 174 g/mol.